The van der Waals surface area contributed by atoms with Gasteiger partial charge in [0.05, 0.1) is 23.8 Å². The first-order valence-corrected chi connectivity index (χ1v) is 13.3. The average molecular weight is 509 g/mol. The second-order valence-electron chi connectivity index (χ2n) is 9.20. The molecule has 0 unspecified atom stereocenters. The monoisotopic (exact) mass is 508 g/mol. The molecule has 7 heteroatoms. The summed E-state index contributed by atoms with van der Waals surface area (Å²) in [5.41, 5.74) is 5.42. The largest absolute Gasteiger partial charge is 0.378 e. The number of amidine groups is 1. The van der Waals surface area contributed by atoms with Crippen LogP contribution in [0.25, 0.3) is 17.0 Å². The summed E-state index contributed by atoms with van der Waals surface area (Å²) in [6.45, 7) is 4.09. The summed E-state index contributed by atoms with van der Waals surface area (Å²) in [5, 5.41) is 1.81. The topological polar surface area (TPSA) is 50.1 Å². The Hall–Kier alpha value is -3.81. The van der Waals surface area contributed by atoms with Gasteiger partial charge in [-0.25, -0.2) is 4.99 Å². The Labute approximate surface area is 220 Å². The quantitative estimate of drug-likeness (QED) is 0.322. The molecule has 0 spiro atoms. The van der Waals surface area contributed by atoms with Gasteiger partial charge in [0.2, 0.25) is 0 Å². The van der Waals surface area contributed by atoms with Gasteiger partial charge in [0.15, 0.2) is 5.17 Å². The van der Waals surface area contributed by atoms with Gasteiger partial charge in [-0.1, -0.05) is 48.5 Å². The van der Waals surface area contributed by atoms with Crippen molar-refractivity contribution in [1.29, 1.82) is 0 Å². The van der Waals surface area contributed by atoms with E-state index in [1.165, 1.54) is 23.0 Å². The summed E-state index contributed by atoms with van der Waals surface area (Å²) in [5.74, 6) is -0.0337. The standard InChI is InChI=1S/C30H28N4O2S/c1-32-29(35)28(37-30(32)31-24-11-13-25(14-12-24)33-15-17-36-18-16-33)19-23-21-34(20-22-7-3-2-4-8-22)27-10-6-5-9-26(23)27/h2-14,19,21H,15-18,20H2,1H3/b28-19+,31-30?. The summed E-state index contributed by atoms with van der Waals surface area (Å²) in [4.78, 5) is 22.5. The molecule has 0 bridgehead atoms. The van der Waals surface area contributed by atoms with Crippen LogP contribution in [-0.4, -0.2) is 53.9 Å². The van der Waals surface area contributed by atoms with Crippen molar-refractivity contribution in [2.45, 2.75) is 6.54 Å². The number of anilines is 1. The first kappa shape index (κ1) is 23.6. The van der Waals surface area contributed by atoms with Gasteiger partial charge in [-0.05, 0) is 53.7 Å². The van der Waals surface area contributed by atoms with E-state index in [1.54, 1.807) is 11.9 Å². The fraction of sp³-hybridized carbons (Fsp3) is 0.200. The van der Waals surface area contributed by atoms with Crippen LogP contribution in [0.3, 0.4) is 0 Å². The first-order chi connectivity index (χ1) is 18.2. The van der Waals surface area contributed by atoms with Crippen LogP contribution in [-0.2, 0) is 16.1 Å². The number of rotatable bonds is 5. The molecule has 1 amide bonds. The molecule has 3 aromatic carbocycles. The van der Waals surface area contributed by atoms with Crippen molar-refractivity contribution in [2.24, 2.45) is 4.99 Å². The number of carbonyl (C=O) groups is 1. The molecule has 0 N–H and O–H groups in total. The van der Waals surface area contributed by atoms with E-state index in [0.29, 0.717) is 10.1 Å². The van der Waals surface area contributed by atoms with Gasteiger partial charge < -0.3 is 14.2 Å². The van der Waals surface area contributed by atoms with Crippen molar-refractivity contribution < 1.29 is 9.53 Å². The van der Waals surface area contributed by atoms with Gasteiger partial charge >= 0.3 is 0 Å². The van der Waals surface area contributed by atoms with Gasteiger partial charge in [0.25, 0.3) is 5.91 Å². The van der Waals surface area contributed by atoms with Crippen LogP contribution in [0.5, 0.6) is 0 Å². The van der Waals surface area contributed by atoms with Gasteiger partial charge in [-0.3, -0.25) is 9.69 Å². The molecule has 2 saturated heterocycles. The fourth-order valence-electron chi connectivity index (χ4n) is 4.76. The van der Waals surface area contributed by atoms with Crippen molar-refractivity contribution in [3.8, 4) is 0 Å². The number of nitrogens with zero attached hydrogens (tertiary/aromatic N) is 4. The second kappa shape index (κ2) is 10.3. The van der Waals surface area contributed by atoms with Crippen LogP contribution >= 0.6 is 11.8 Å². The highest BCUT2D eigenvalue weighted by Gasteiger charge is 2.30. The SMILES string of the molecule is CN1C(=O)/C(=C\c2cn(Cc3ccccc3)c3ccccc23)SC1=Nc1ccc(N2CCOCC2)cc1. The Kier molecular flexibility index (Phi) is 6.55. The van der Waals surface area contributed by atoms with E-state index in [4.69, 9.17) is 9.73 Å². The smallest absolute Gasteiger partial charge is 0.266 e. The van der Waals surface area contributed by atoms with E-state index in [2.05, 4.69) is 70.3 Å². The molecule has 2 aliphatic heterocycles. The zero-order valence-electron chi connectivity index (χ0n) is 20.7. The number of aromatic nitrogens is 1. The lowest BCUT2D eigenvalue weighted by Crippen LogP contribution is -2.36. The van der Waals surface area contributed by atoms with Crippen molar-refractivity contribution in [2.75, 3.05) is 38.3 Å². The molecule has 0 radical (unpaired) electrons. The summed E-state index contributed by atoms with van der Waals surface area (Å²) in [7, 11) is 1.79. The van der Waals surface area contributed by atoms with E-state index < -0.39 is 0 Å². The maximum atomic E-state index is 13.1. The molecule has 6 rings (SSSR count). The second-order valence-corrected chi connectivity index (χ2v) is 10.2. The zero-order chi connectivity index (χ0) is 25.2. The maximum absolute atomic E-state index is 13.1. The highest BCUT2D eigenvalue weighted by molar-refractivity contribution is 8.18. The molecule has 0 saturated carbocycles. The number of amides is 1. The number of fused-ring (bicyclic) bond motifs is 1. The molecule has 0 aliphatic carbocycles. The number of hydrogen-bond acceptors (Lipinski definition) is 5. The summed E-state index contributed by atoms with van der Waals surface area (Å²) in [6, 6.07) is 27.0. The van der Waals surface area contributed by atoms with E-state index in [-0.39, 0.29) is 5.91 Å². The lowest BCUT2D eigenvalue weighted by molar-refractivity contribution is -0.121. The number of thioether (sulfide) groups is 1. The van der Waals surface area contributed by atoms with Crippen LogP contribution in [0, 0.1) is 0 Å². The molecule has 2 fully saturated rings. The van der Waals surface area contributed by atoms with Crippen LogP contribution < -0.4 is 4.90 Å². The Bertz CT molecular complexity index is 1490. The van der Waals surface area contributed by atoms with Gasteiger partial charge in [0, 0.05) is 55.0 Å². The summed E-state index contributed by atoms with van der Waals surface area (Å²) in [6.07, 6.45) is 4.13. The third-order valence-electron chi connectivity index (χ3n) is 6.76. The predicted octanol–water partition coefficient (Wildman–Crippen LogP) is 5.76. The maximum Gasteiger partial charge on any atom is 0.266 e. The number of aliphatic imine (C=N–C) groups is 1. The van der Waals surface area contributed by atoms with Crippen molar-refractivity contribution >= 4 is 51.2 Å². The van der Waals surface area contributed by atoms with Gasteiger partial charge in [-0.2, -0.15) is 0 Å². The Morgan fingerprint density at radius 1 is 0.946 bits per heavy atom. The van der Waals surface area contributed by atoms with Gasteiger partial charge in [0.1, 0.15) is 0 Å². The van der Waals surface area contributed by atoms with E-state index in [1.807, 2.05) is 30.3 Å². The highest BCUT2D eigenvalue weighted by atomic mass is 32.2. The van der Waals surface area contributed by atoms with E-state index in [0.717, 1.165) is 55.0 Å². The average Bonchev–Trinajstić information content (AvgIpc) is 3.42. The zero-order valence-corrected chi connectivity index (χ0v) is 21.5. The van der Waals surface area contributed by atoms with Gasteiger partial charge in [-0.15, -0.1) is 0 Å². The molecule has 0 atom stereocenters. The minimum absolute atomic E-state index is 0.0337. The molecular formula is C30H28N4O2S. The Balaban J connectivity index is 1.26. The summed E-state index contributed by atoms with van der Waals surface area (Å²) >= 11 is 1.42. The number of likely N-dealkylation sites (N-methyl/N-ethyl adjacent to an activating group) is 1. The summed E-state index contributed by atoms with van der Waals surface area (Å²) < 4.78 is 7.70. The third-order valence-corrected chi connectivity index (χ3v) is 7.82. The number of carbonyl (C=O) groups excluding carboxylic acids is 1. The molecule has 186 valence electrons. The molecule has 3 heterocycles. The minimum atomic E-state index is -0.0337. The first-order valence-electron chi connectivity index (χ1n) is 12.5. The molecule has 2 aliphatic rings. The van der Waals surface area contributed by atoms with Crippen LogP contribution in [0.1, 0.15) is 11.1 Å². The normalized spacial score (nSPS) is 18.5. The van der Waals surface area contributed by atoms with Crippen LogP contribution in [0.4, 0.5) is 11.4 Å². The van der Waals surface area contributed by atoms with E-state index >= 15 is 0 Å². The van der Waals surface area contributed by atoms with Crippen LogP contribution in [0.2, 0.25) is 0 Å². The van der Waals surface area contributed by atoms with Crippen molar-refractivity contribution in [1.82, 2.24) is 9.47 Å². The van der Waals surface area contributed by atoms with Crippen LogP contribution in [0.15, 0.2) is 95.0 Å². The predicted molar refractivity (Wildman–Crippen MR) is 152 cm³/mol. The highest BCUT2D eigenvalue weighted by Crippen LogP contribution is 2.35. The minimum Gasteiger partial charge on any atom is -0.378 e. The Morgan fingerprint density at radius 3 is 2.46 bits per heavy atom. The lowest BCUT2D eigenvalue weighted by Gasteiger charge is -2.28. The number of morpholine rings is 1. The van der Waals surface area contributed by atoms with Crippen molar-refractivity contribution in [3.05, 3.63) is 101 Å². The lowest BCUT2D eigenvalue weighted by atomic mass is 10.1. The molecular weight excluding hydrogens is 480 g/mol. The number of para-hydroxylation sites is 1. The number of benzene rings is 3. The number of hydrogen-bond donors (Lipinski definition) is 0. The van der Waals surface area contributed by atoms with E-state index in [9.17, 15) is 4.79 Å². The molecule has 6 nitrogen and oxygen atoms in total. The Morgan fingerprint density at radius 2 is 1.68 bits per heavy atom. The fourth-order valence-corrected chi connectivity index (χ4v) is 5.74. The third kappa shape index (κ3) is 4.92. The molecule has 1 aromatic heterocycles. The van der Waals surface area contributed by atoms with Crippen molar-refractivity contribution in [3.63, 3.8) is 0 Å². The number of ether oxygens (including phenoxy) is 1. The molecule has 37 heavy (non-hydrogen) atoms. The molecule has 4 aromatic rings.